The number of benzene rings is 1. The van der Waals surface area contributed by atoms with Gasteiger partial charge in [-0.2, -0.15) is 0 Å². The van der Waals surface area contributed by atoms with Crippen molar-refractivity contribution in [1.29, 1.82) is 0 Å². The molecule has 0 unspecified atom stereocenters. The molecule has 4 heteroatoms. The largest absolute Gasteiger partial charge is 0.481 e. The zero-order valence-corrected chi connectivity index (χ0v) is 8.41. The molecule has 2 rings (SSSR count). The van der Waals surface area contributed by atoms with E-state index in [0.717, 1.165) is 5.56 Å². The summed E-state index contributed by atoms with van der Waals surface area (Å²) in [5, 5.41) is 0. The Morgan fingerprint density at radius 2 is 2.13 bits per heavy atom. The van der Waals surface area contributed by atoms with Gasteiger partial charge in [-0.1, -0.05) is 18.2 Å². The van der Waals surface area contributed by atoms with Gasteiger partial charge in [0, 0.05) is 18.0 Å². The molecule has 15 heavy (non-hydrogen) atoms. The van der Waals surface area contributed by atoms with Crippen molar-refractivity contribution in [3.8, 4) is 5.75 Å². The van der Waals surface area contributed by atoms with Crippen LogP contribution in [0.4, 0.5) is 8.78 Å². The summed E-state index contributed by atoms with van der Waals surface area (Å²) in [5.74, 6) is 0.471. The highest BCUT2D eigenvalue weighted by molar-refractivity contribution is 5.38. The summed E-state index contributed by atoms with van der Waals surface area (Å²) in [6, 6.07) is 6.68. The Morgan fingerprint density at radius 3 is 2.80 bits per heavy atom. The third-order valence-electron chi connectivity index (χ3n) is 2.75. The van der Waals surface area contributed by atoms with E-state index >= 15 is 0 Å². The van der Waals surface area contributed by atoms with E-state index in [0.29, 0.717) is 5.75 Å². The molecule has 2 N–H and O–H groups in total. The van der Waals surface area contributed by atoms with Crippen LogP contribution in [-0.2, 0) is 0 Å². The Kier molecular flexibility index (Phi) is 2.38. The first kappa shape index (κ1) is 10.4. The third kappa shape index (κ3) is 1.69. The average molecular weight is 213 g/mol. The van der Waals surface area contributed by atoms with Crippen molar-refractivity contribution in [2.24, 2.45) is 5.73 Å². The summed E-state index contributed by atoms with van der Waals surface area (Å²) in [7, 11) is 0. The number of halogens is 2. The number of hydrogen-bond donors (Lipinski definition) is 1. The van der Waals surface area contributed by atoms with Gasteiger partial charge in [-0.25, -0.2) is 8.78 Å². The molecule has 0 spiro atoms. The molecule has 1 aliphatic rings. The third-order valence-corrected chi connectivity index (χ3v) is 2.75. The smallest absolute Gasteiger partial charge is 0.277 e. The molecule has 1 aliphatic heterocycles. The van der Waals surface area contributed by atoms with Crippen molar-refractivity contribution < 1.29 is 13.5 Å². The van der Waals surface area contributed by atoms with Gasteiger partial charge >= 0.3 is 0 Å². The van der Waals surface area contributed by atoms with Crippen LogP contribution in [0.3, 0.4) is 0 Å². The van der Waals surface area contributed by atoms with Crippen molar-refractivity contribution in [1.82, 2.24) is 0 Å². The molecule has 0 bridgehead atoms. The number of ether oxygens (including phenoxy) is 1. The summed E-state index contributed by atoms with van der Waals surface area (Å²) in [5.41, 5.74) is 5.18. The summed E-state index contributed by atoms with van der Waals surface area (Å²) in [6.07, 6.45) is -2.39. The second kappa shape index (κ2) is 3.45. The van der Waals surface area contributed by atoms with Gasteiger partial charge in [0.1, 0.15) is 5.75 Å². The zero-order chi connectivity index (χ0) is 11.1. The van der Waals surface area contributed by atoms with E-state index in [1.807, 2.05) is 12.1 Å². The Hall–Kier alpha value is -1.16. The van der Waals surface area contributed by atoms with Gasteiger partial charge in [0.15, 0.2) is 5.60 Å². The van der Waals surface area contributed by atoms with Crippen molar-refractivity contribution in [2.45, 2.75) is 31.4 Å². The number of alkyl halides is 2. The van der Waals surface area contributed by atoms with E-state index in [-0.39, 0.29) is 12.5 Å². The highest BCUT2D eigenvalue weighted by Crippen LogP contribution is 2.40. The molecule has 1 aromatic carbocycles. The van der Waals surface area contributed by atoms with Crippen LogP contribution in [0, 0.1) is 0 Å². The van der Waals surface area contributed by atoms with Gasteiger partial charge in [-0.3, -0.25) is 0 Å². The number of hydrogen-bond acceptors (Lipinski definition) is 2. The van der Waals surface area contributed by atoms with Crippen LogP contribution < -0.4 is 10.5 Å². The first-order chi connectivity index (χ1) is 7.03. The normalized spacial score (nSPS) is 29.8. The maximum Gasteiger partial charge on any atom is 0.277 e. The Bertz CT molecular complexity index is 369. The number of para-hydroxylation sites is 1. The summed E-state index contributed by atoms with van der Waals surface area (Å²) in [6.45, 7) is 1.40. The molecule has 0 saturated carbocycles. The minimum Gasteiger partial charge on any atom is -0.481 e. The minimum absolute atomic E-state index is 0.141. The first-order valence-electron chi connectivity index (χ1n) is 4.84. The molecular formula is C11H13F2NO. The first-order valence-corrected chi connectivity index (χ1v) is 4.84. The Morgan fingerprint density at radius 1 is 1.47 bits per heavy atom. The molecule has 2 nitrogen and oxygen atoms in total. The van der Waals surface area contributed by atoms with Gasteiger partial charge in [-0.05, 0) is 13.0 Å². The number of nitrogens with two attached hydrogens (primary N) is 1. The predicted molar refractivity (Wildman–Crippen MR) is 53.0 cm³/mol. The second-order valence-electron chi connectivity index (χ2n) is 4.06. The zero-order valence-electron chi connectivity index (χ0n) is 8.41. The van der Waals surface area contributed by atoms with Crippen molar-refractivity contribution in [3.63, 3.8) is 0 Å². The highest BCUT2D eigenvalue weighted by Gasteiger charge is 2.43. The standard InChI is InChI=1S/C11H13F2NO/c1-11(10(12)13)6-8(14)7-4-2-3-5-9(7)15-11/h2-5,8,10H,6,14H2,1H3/t8-,11-/m1/s1. The van der Waals surface area contributed by atoms with Crippen LogP contribution in [0.1, 0.15) is 24.9 Å². The van der Waals surface area contributed by atoms with Crippen molar-refractivity contribution >= 4 is 0 Å². The van der Waals surface area contributed by atoms with Crippen LogP contribution >= 0.6 is 0 Å². The lowest BCUT2D eigenvalue weighted by Gasteiger charge is -2.37. The predicted octanol–water partition coefficient (Wildman–Crippen LogP) is 2.49. The summed E-state index contributed by atoms with van der Waals surface area (Å²) < 4.78 is 30.9. The maximum absolute atomic E-state index is 12.8. The van der Waals surface area contributed by atoms with Crippen molar-refractivity contribution in [2.75, 3.05) is 0 Å². The van der Waals surface area contributed by atoms with E-state index < -0.39 is 12.0 Å². The van der Waals surface area contributed by atoms with E-state index in [4.69, 9.17) is 10.5 Å². The molecule has 2 atom stereocenters. The fourth-order valence-corrected chi connectivity index (χ4v) is 1.85. The summed E-state index contributed by atoms with van der Waals surface area (Å²) >= 11 is 0. The van der Waals surface area contributed by atoms with E-state index in [1.165, 1.54) is 6.92 Å². The fourth-order valence-electron chi connectivity index (χ4n) is 1.85. The molecule has 0 fully saturated rings. The lowest BCUT2D eigenvalue weighted by Crippen LogP contribution is -2.46. The van der Waals surface area contributed by atoms with Crippen LogP contribution in [0.5, 0.6) is 5.75 Å². The second-order valence-corrected chi connectivity index (χ2v) is 4.06. The van der Waals surface area contributed by atoms with Crippen LogP contribution in [-0.4, -0.2) is 12.0 Å². The minimum atomic E-state index is -2.53. The average Bonchev–Trinajstić information content (AvgIpc) is 2.17. The van der Waals surface area contributed by atoms with E-state index in [1.54, 1.807) is 12.1 Å². The Labute approximate surface area is 87.0 Å². The molecule has 0 aliphatic carbocycles. The molecule has 1 heterocycles. The number of fused-ring (bicyclic) bond motifs is 1. The monoisotopic (exact) mass is 213 g/mol. The quantitative estimate of drug-likeness (QED) is 0.777. The van der Waals surface area contributed by atoms with Gasteiger partial charge in [0.05, 0.1) is 0 Å². The molecule has 0 radical (unpaired) electrons. The molecule has 0 aromatic heterocycles. The maximum atomic E-state index is 12.8. The van der Waals surface area contributed by atoms with E-state index in [2.05, 4.69) is 0 Å². The van der Waals surface area contributed by atoms with Crippen LogP contribution in [0.25, 0.3) is 0 Å². The highest BCUT2D eigenvalue weighted by atomic mass is 19.3. The van der Waals surface area contributed by atoms with Crippen LogP contribution in [0.2, 0.25) is 0 Å². The van der Waals surface area contributed by atoms with Gasteiger partial charge in [-0.15, -0.1) is 0 Å². The SMILES string of the molecule is C[C@]1(C(F)F)C[C@@H](N)c2ccccc2O1. The number of rotatable bonds is 1. The van der Waals surface area contributed by atoms with Crippen molar-refractivity contribution in [3.05, 3.63) is 29.8 Å². The molecule has 0 amide bonds. The van der Waals surface area contributed by atoms with Gasteiger partial charge < -0.3 is 10.5 Å². The topological polar surface area (TPSA) is 35.2 Å². The summed E-state index contributed by atoms with van der Waals surface area (Å²) in [4.78, 5) is 0. The lowest BCUT2D eigenvalue weighted by atomic mass is 9.89. The van der Waals surface area contributed by atoms with E-state index in [9.17, 15) is 8.78 Å². The Balaban J connectivity index is 2.38. The van der Waals surface area contributed by atoms with Crippen LogP contribution in [0.15, 0.2) is 24.3 Å². The van der Waals surface area contributed by atoms with Gasteiger partial charge in [0.25, 0.3) is 6.43 Å². The van der Waals surface area contributed by atoms with Gasteiger partial charge in [0.2, 0.25) is 0 Å². The molecule has 1 aromatic rings. The molecular weight excluding hydrogens is 200 g/mol. The molecule has 82 valence electrons. The lowest BCUT2D eigenvalue weighted by molar-refractivity contribution is -0.0808. The molecule has 0 saturated heterocycles. The fraction of sp³-hybridized carbons (Fsp3) is 0.455.